The molecule has 1 aliphatic heterocycles. The van der Waals surface area contributed by atoms with Gasteiger partial charge in [-0.3, -0.25) is 15.0 Å². The molecule has 1 N–H and O–H groups in total. The number of rotatable bonds is 6. The molecule has 6 heteroatoms. The molecule has 0 spiro atoms. The summed E-state index contributed by atoms with van der Waals surface area (Å²) in [6, 6.07) is 3.63. The summed E-state index contributed by atoms with van der Waals surface area (Å²) in [7, 11) is 0. The number of nitrogens with zero attached hydrogens (tertiary/aromatic N) is 2. The molecule has 6 nitrogen and oxygen atoms in total. The van der Waals surface area contributed by atoms with E-state index in [2.05, 4.69) is 17.1 Å². The van der Waals surface area contributed by atoms with Gasteiger partial charge in [-0.1, -0.05) is 6.92 Å². The quantitative estimate of drug-likeness (QED) is 0.631. The molecule has 19 heavy (non-hydrogen) atoms. The van der Waals surface area contributed by atoms with Gasteiger partial charge >= 0.3 is 5.88 Å². The van der Waals surface area contributed by atoms with Gasteiger partial charge in [0.1, 0.15) is 10.7 Å². The largest absolute Gasteiger partial charge is 0.433 e. The van der Waals surface area contributed by atoms with Crippen LogP contribution in [0.1, 0.15) is 31.9 Å². The topological polar surface area (TPSA) is 71.5 Å². The van der Waals surface area contributed by atoms with Crippen molar-refractivity contribution in [2.24, 2.45) is 0 Å². The van der Waals surface area contributed by atoms with Gasteiger partial charge in [0.2, 0.25) is 0 Å². The van der Waals surface area contributed by atoms with Gasteiger partial charge in [-0.2, -0.15) is 0 Å². The zero-order valence-corrected chi connectivity index (χ0v) is 11.3. The lowest BCUT2D eigenvalue weighted by atomic mass is 10.1. The zero-order valence-electron chi connectivity index (χ0n) is 11.3. The summed E-state index contributed by atoms with van der Waals surface area (Å²) in [5, 5.41) is 14.0. The molecule has 1 aromatic rings. The van der Waals surface area contributed by atoms with Crippen LogP contribution in [0.2, 0.25) is 0 Å². The van der Waals surface area contributed by atoms with Crippen molar-refractivity contribution in [2.75, 3.05) is 19.6 Å². The average molecular weight is 267 g/mol. The highest BCUT2D eigenvalue weighted by Gasteiger charge is 2.22. The fourth-order valence-electron chi connectivity index (χ4n) is 2.57. The van der Waals surface area contributed by atoms with Crippen molar-refractivity contribution >= 4 is 5.88 Å². The van der Waals surface area contributed by atoms with E-state index >= 15 is 0 Å². The van der Waals surface area contributed by atoms with E-state index in [0.717, 1.165) is 26.1 Å². The first-order valence-electron chi connectivity index (χ1n) is 6.88. The summed E-state index contributed by atoms with van der Waals surface area (Å²) in [5.41, 5.74) is 0. The standard InChI is InChI=1S/C13H21N3O3/c1-2-8-15(11-4-3-7-14-9-11)10-12-5-6-13(19-12)16(17)18/h5-6,11,14H,2-4,7-10H2,1H3. The van der Waals surface area contributed by atoms with Gasteiger partial charge in [-0.25, -0.2) is 0 Å². The van der Waals surface area contributed by atoms with Gasteiger partial charge in [0.05, 0.1) is 12.6 Å². The maximum absolute atomic E-state index is 10.6. The van der Waals surface area contributed by atoms with Gasteiger partial charge in [0.15, 0.2) is 0 Å². The molecular formula is C13H21N3O3. The molecule has 1 saturated heterocycles. The van der Waals surface area contributed by atoms with E-state index < -0.39 is 4.92 Å². The minimum Gasteiger partial charge on any atom is -0.404 e. The Morgan fingerprint density at radius 3 is 3.00 bits per heavy atom. The smallest absolute Gasteiger partial charge is 0.404 e. The van der Waals surface area contributed by atoms with E-state index in [1.807, 2.05) is 0 Å². The van der Waals surface area contributed by atoms with Crippen LogP contribution in [0.15, 0.2) is 16.5 Å². The van der Waals surface area contributed by atoms with Crippen molar-refractivity contribution in [3.63, 3.8) is 0 Å². The second-order valence-electron chi connectivity index (χ2n) is 4.97. The highest BCUT2D eigenvalue weighted by Crippen LogP contribution is 2.20. The lowest BCUT2D eigenvalue weighted by molar-refractivity contribution is -0.402. The maximum atomic E-state index is 10.6. The molecular weight excluding hydrogens is 246 g/mol. The molecule has 0 amide bonds. The molecule has 0 aromatic carbocycles. The second kappa shape index (κ2) is 6.68. The molecule has 0 radical (unpaired) electrons. The summed E-state index contributed by atoms with van der Waals surface area (Å²) >= 11 is 0. The fraction of sp³-hybridized carbons (Fsp3) is 0.692. The first-order chi connectivity index (χ1) is 9.20. The summed E-state index contributed by atoms with van der Waals surface area (Å²) in [4.78, 5) is 12.5. The van der Waals surface area contributed by atoms with E-state index in [1.54, 1.807) is 6.07 Å². The molecule has 1 fully saturated rings. The molecule has 0 saturated carbocycles. The highest BCUT2D eigenvalue weighted by molar-refractivity contribution is 5.17. The van der Waals surface area contributed by atoms with E-state index in [4.69, 9.17) is 4.42 Å². The maximum Gasteiger partial charge on any atom is 0.433 e. The Morgan fingerprint density at radius 2 is 2.42 bits per heavy atom. The van der Waals surface area contributed by atoms with Gasteiger partial charge in [0, 0.05) is 12.6 Å². The molecule has 2 rings (SSSR count). The summed E-state index contributed by atoms with van der Waals surface area (Å²) in [6.45, 7) is 5.86. The van der Waals surface area contributed by atoms with Crippen molar-refractivity contribution in [2.45, 2.75) is 38.8 Å². The molecule has 1 aliphatic rings. The molecule has 106 valence electrons. The summed E-state index contributed by atoms with van der Waals surface area (Å²) in [5.74, 6) is 0.499. The number of hydrogen-bond acceptors (Lipinski definition) is 5. The Balaban J connectivity index is 2.00. The average Bonchev–Trinajstić information content (AvgIpc) is 2.88. The van der Waals surface area contributed by atoms with Crippen molar-refractivity contribution in [3.8, 4) is 0 Å². The lowest BCUT2D eigenvalue weighted by Gasteiger charge is -2.33. The van der Waals surface area contributed by atoms with E-state index in [1.165, 1.54) is 18.9 Å². The Morgan fingerprint density at radius 1 is 1.58 bits per heavy atom. The van der Waals surface area contributed by atoms with E-state index in [-0.39, 0.29) is 5.88 Å². The Bertz CT molecular complexity index is 413. The van der Waals surface area contributed by atoms with Crippen LogP contribution in [0, 0.1) is 10.1 Å². The summed E-state index contributed by atoms with van der Waals surface area (Å²) < 4.78 is 5.25. The number of nitro groups is 1. The minimum atomic E-state index is -0.490. The zero-order chi connectivity index (χ0) is 13.7. The van der Waals surface area contributed by atoms with Crippen LogP contribution < -0.4 is 5.32 Å². The second-order valence-corrected chi connectivity index (χ2v) is 4.97. The normalized spacial score (nSPS) is 19.8. The van der Waals surface area contributed by atoms with Crippen molar-refractivity contribution in [1.29, 1.82) is 0 Å². The van der Waals surface area contributed by atoms with Crippen LogP contribution in [0.25, 0.3) is 0 Å². The predicted molar refractivity (Wildman–Crippen MR) is 72.0 cm³/mol. The monoisotopic (exact) mass is 267 g/mol. The third-order valence-electron chi connectivity index (χ3n) is 3.48. The SMILES string of the molecule is CCCN(Cc1ccc([N+](=O)[O-])o1)C1CCCNC1. The molecule has 2 heterocycles. The van der Waals surface area contributed by atoms with Crippen LogP contribution in [-0.4, -0.2) is 35.5 Å². The lowest BCUT2D eigenvalue weighted by Crippen LogP contribution is -2.45. The Kier molecular flexibility index (Phi) is 4.93. The minimum absolute atomic E-state index is 0.173. The first kappa shape index (κ1) is 14.0. The van der Waals surface area contributed by atoms with Crippen LogP contribution in [0.3, 0.4) is 0 Å². The van der Waals surface area contributed by atoms with E-state index in [0.29, 0.717) is 18.3 Å². The van der Waals surface area contributed by atoms with Gasteiger partial charge in [-0.05, 0) is 38.4 Å². The number of furan rings is 1. The first-order valence-corrected chi connectivity index (χ1v) is 6.88. The molecule has 0 bridgehead atoms. The number of hydrogen-bond donors (Lipinski definition) is 1. The third kappa shape index (κ3) is 3.78. The van der Waals surface area contributed by atoms with Gasteiger partial charge in [0.25, 0.3) is 0 Å². The fourth-order valence-corrected chi connectivity index (χ4v) is 2.57. The van der Waals surface area contributed by atoms with Gasteiger partial charge < -0.3 is 9.73 Å². The number of nitrogens with one attached hydrogen (secondary N) is 1. The molecule has 1 atom stereocenters. The van der Waals surface area contributed by atoms with Crippen molar-refractivity contribution in [1.82, 2.24) is 10.2 Å². The van der Waals surface area contributed by atoms with Crippen molar-refractivity contribution < 1.29 is 9.34 Å². The van der Waals surface area contributed by atoms with Crippen LogP contribution >= 0.6 is 0 Å². The summed E-state index contributed by atoms with van der Waals surface area (Å²) in [6.07, 6.45) is 3.43. The van der Waals surface area contributed by atoms with Crippen LogP contribution in [0.4, 0.5) is 5.88 Å². The molecule has 1 unspecified atom stereocenters. The van der Waals surface area contributed by atoms with Crippen LogP contribution in [0.5, 0.6) is 0 Å². The highest BCUT2D eigenvalue weighted by atomic mass is 16.6. The Labute approximate surface area is 112 Å². The molecule has 1 aromatic heterocycles. The van der Waals surface area contributed by atoms with Crippen LogP contribution in [-0.2, 0) is 6.54 Å². The Hall–Kier alpha value is -1.40. The predicted octanol–water partition coefficient (Wildman–Crippen LogP) is 2.15. The van der Waals surface area contributed by atoms with Crippen molar-refractivity contribution in [3.05, 3.63) is 28.0 Å². The molecule has 0 aliphatic carbocycles. The van der Waals surface area contributed by atoms with Gasteiger partial charge in [-0.15, -0.1) is 0 Å². The third-order valence-corrected chi connectivity index (χ3v) is 3.48. The van der Waals surface area contributed by atoms with E-state index in [9.17, 15) is 10.1 Å². The number of piperidine rings is 1.